The predicted octanol–water partition coefficient (Wildman–Crippen LogP) is 3.12. The van der Waals surface area contributed by atoms with Gasteiger partial charge in [0.25, 0.3) is 5.91 Å². The Morgan fingerprint density at radius 2 is 1.90 bits per heavy atom. The van der Waals surface area contributed by atoms with Gasteiger partial charge in [-0.05, 0) is 37.2 Å². The van der Waals surface area contributed by atoms with Crippen LogP contribution in [0.2, 0.25) is 0 Å². The van der Waals surface area contributed by atoms with Crippen molar-refractivity contribution in [2.45, 2.75) is 20.4 Å². The van der Waals surface area contributed by atoms with E-state index in [9.17, 15) is 4.79 Å². The SMILES string of the molecule is CCNCc1ccccc1NC(=O)c1ccc(C)n1C.Cl. The summed E-state index contributed by atoms with van der Waals surface area (Å²) in [7, 11) is 1.90. The molecule has 1 amide bonds. The number of amides is 1. The number of hydrogen-bond donors (Lipinski definition) is 2. The van der Waals surface area contributed by atoms with Gasteiger partial charge < -0.3 is 15.2 Å². The fourth-order valence-corrected chi connectivity index (χ4v) is 2.08. The molecule has 1 aromatic carbocycles. The van der Waals surface area contributed by atoms with Gasteiger partial charge in [0, 0.05) is 25.0 Å². The van der Waals surface area contributed by atoms with E-state index in [4.69, 9.17) is 0 Å². The third-order valence-electron chi connectivity index (χ3n) is 3.44. The highest BCUT2D eigenvalue weighted by atomic mass is 35.5. The third-order valence-corrected chi connectivity index (χ3v) is 3.44. The first-order valence-corrected chi connectivity index (χ1v) is 6.85. The number of para-hydroxylation sites is 1. The van der Waals surface area contributed by atoms with E-state index in [0.29, 0.717) is 5.69 Å². The average Bonchev–Trinajstić information content (AvgIpc) is 2.78. The summed E-state index contributed by atoms with van der Waals surface area (Å²) in [5.41, 5.74) is 3.68. The third kappa shape index (κ3) is 4.09. The van der Waals surface area contributed by atoms with Crippen molar-refractivity contribution in [3.05, 3.63) is 53.3 Å². The first-order valence-electron chi connectivity index (χ1n) is 6.85. The lowest BCUT2D eigenvalue weighted by Crippen LogP contribution is -2.19. The van der Waals surface area contributed by atoms with Gasteiger partial charge in [-0.25, -0.2) is 0 Å². The molecule has 0 atom stereocenters. The number of nitrogens with zero attached hydrogens (tertiary/aromatic N) is 1. The first kappa shape index (κ1) is 17.3. The molecule has 21 heavy (non-hydrogen) atoms. The molecule has 4 nitrogen and oxygen atoms in total. The monoisotopic (exact) mass is 307 g/mol. The Hall–Kier alpha value is -1.78. The minimum Gasteiger partial charge on any atom is -0.344 e. The number of carbonyl (C=O) groups excluding carboxylic acids is 1. The van der Waals surface area contributed by atoms with Crippen LogP contribution in [0.25, 0.3) is 0 Å². The van der Waals surface area contributed by atoms with Crippen LogP contribution in [-0.2, 0) is 13.6 Å². The fraction of sp³-hybridized carbons (Fsp3) is 0.312. The second kappa shape index (κ2) is 7.86. The summed E-state index contributed by atoms with van der Waals surface area (Å²) in [5, 5.41) is 6.27. The van der Waals surface area contributed by atoms with Crippen molar-refractivity contribution in [1.82, 2.24) is 9.88 Å². The predicted molar refractivity (Wildman–Crippen MR) is 89.2 cm³/mol. The smallest absolute Gasteiger partial charge is 0.272 e. The van der Waals surface area contributed by atoms with E-state index in [1.165, 1.54) is 0 Å². The lowest BCUT2D eigenvalue weighted by atomic mass is 10.1. The normalized spacial score (nSPS) is 10.0. The molecule has 0 saturated carbocycles. The standard InChI is InChI=1S/C16H21N3O.ClH/c1-4-17-11-13-7-5-6-8-14(13)18-16(20)15-10-9-12(2)19(15)3;/h5-10,17H,4,11H2,1-3H3,(H,18,20);1H. The Bertz CT molecular complexity index is 607. The molecule has 0 aliphatic rings. The number of benzene rings is 1. The van der Waals surface area contributed by atoms with Gasteiger partial charge in [-0.2, -0.15) is 0 Å². The van der Waals surface area contributed by atoms with E-state index in [0.717, 1.165) is 30.0 Å². The minimum absolute atomic E-state index is 0. The van der Waals surface area contributed by atoms with Gasteiger partial charge in [0.05, 0.1) is 0 Å². The lowest BCUT2D eigenvalue weighted by molar-refractivity contribution is 0.101. The molecule has 1 heterocycles. The second-order valence-electron chi connectivity index (χ2n) is 4.81. The van der Waals surface area contributed by atoms with Crippen LogP contribution in [0.5, 0.6) is 0 Å². The second-order valence-corrected chi connectivity index (χ2v) is 4.81. The molecule has 0 saturated heterocycles. The Kier molecular flexibility index (Phi) is 6.46. The summed E-state index contributed by atoms with van der Waals surface area (Å²) >= 11 is 0. The highest BCUT2D eigenvalue weighted by Crippen LogP contribution is 2.16. The fourth-order valence-electron chi connectivity index (χ4n) is 2.08. The number of aryl methyl sites for hydroxylation is 1. The minimum atomic E-state index is -0.0791. The van der Waals surface area contributed by atoms with Crippen molar-refractivity contribution in [3.8, 4) is 0 Å². The molecule has 0 aliphatic heterocycles. The van der Waals surface area contributed by atoms with E-state index in [1.807, 2.05) is 54.9 Å². The number of anilines is 1. The van der Waals surface area contributed by atoms with Crippen molar-refractivity contribution in [3.63, 3.8) is 0 Å². The van der Waals surface area contributed by atoms with Gasteiger partial charge in [-0.3, -0.25) is 4.79 Å². The molecular weight excluding hydrogens is 286 g/mol. The maximum atomic E-state index is 12.3. The van der Waals surface area contributed by atoms with Gasteiger partial charge in [-0.15, -0.1) is 12.4 Å². The molecule has 2 aromatic rings. The van der Waals surface area contributed by atoms with Crippen molar-refractivity contribution in [1.29, 1.82) is 0 Å². The van der Waals surface area contributed by atoms with E-state index in [-0.39, 0.29) is 18.3 Å². The quantitative estimate of drug-likeness (QED) is 0.891. The first-order chi connectivity index (χ1) is 9.63. The average molecular weight is 308 g/mol. The molecular formula is C16H22ClN3O. The Morgan fingerprint density at radius 3 is 2.52 bits per heavy atom. The molecule has 2 rings (SSSR count). The topological polar surface area (TPSA) is 46.1 Å². The molecule has 5 heteroatoms. The van der Waals surface area contributed by atoms with E-state index >= 15 is 0 Å². The maximum Gasteiger partial charge on any atom is 0.272 e. The highest BCUT2D eigenvalue weighted by Gasteiger charge is 2.12. The number of halogens is 1. The molecule has 1 aromatic heterocycles. The van der Waals surface area contributed by atoms with Crippen LogP contribution in [0.4, 0.5) is 5.69 Å². The largest absolute Gasteiger partial charge is 0.344 e. The molecule has 0 bridgehead atoms. The molecule has 0 radical (unpaired) electrons. The number of aromatic nitrogens is 1. The van der Waals surface area contributed by atoms with Gasteiger partial charge >= 0.3 is 0 Å². The molecule has 0 fully saturated rings. The maximum absolute atomic E-state index is 12.3. The van der Waals surface area contributed by atoms with Crippen LogP contribution in [0.1, 0.15) is 28.7 Å². The number of rotatable bonds is 5. The molecule has 0 aliphatic carbocycles. The van der Waals surface area contributed by atoms with Crippen molar-refractivity contribution in [2.24, 2.45) is 7.05 Å². The summed E-state index contributed by atoms with van der Waals surface area (Å²) in [6, 6.07) is 11.7. The van der Waals surface area contributed by atoms with Crippen LogP contribution in [0, 0.1) is 6.92 Å². The van der Waals surface area contributed by atoms with Gasteiger partial charge in [0.1, 0.15) is 5.69 Å². The zero-order chi connectivity index (χ0) is 14.5. The van der Waals surface area contributed by atoms with Crippen molar-refractivity contribution < 1.29 is 4.79 Å². The van der Waals surface area contributed by atoms with E-state index in [1.54, 1.807) is 0 Å². The van der Waals surface area contributed by atoms with Crippen LogP contribution in [-0.4, -0.2) is 17.0 Å². The van der Waals surface area contributed by atoms with Gasteiger partial charge in [0.2, 0.25) is 0 Å². The van der Waals surface area contributed by atoms with Crippen LogP contribution in [0.3, 0.4) is 0 Å². The molecule has 114 valence electrons. The molecule has 2 N–H and O–H groups in total. The lowest BCUT2D eigenvalue weighted by Gasteiger charge is -2.12. The van der Waals surface area contributed by atoms with Gasteiger partial charge in [0.15, 0.2) is 0 Å². The summed E-state index contributed by atoms with van der Waals surface area (Å²) in [6.07, 6.45) is 0. The zero-order valence-corrected chi connectivity index (χ0v) is 13.5. The number of nitrogens with one attached hydrogen (secondary N) is 2. The number of hydrogen-bond acceptors (Lipinski definition) is 2. The van der Waals surface area contributed by atoms with Gasteiger partial charge in [-0.1, -0.05) is 25.1 Å². The molecule has 0 unspecified atom stereocenters. The van der Waals surface area contributed by atoms with E-state index < -0.39 is 0 Å². The summed E-state index contributed by atoms with van der Waals surface area (Å²) in [4.78, 5) is 12.3. The highest BCUT2D eigenvalue weighted by molar-refractivity contribution is 6.03. The van der Waals surface area contributed by atoms with Crippen LogP contribution < -0.4 is 10.6 Å². The van der Waals surface area contributed by atoms with E-state index in [2.05, 4.69) is 17.6 Å². The Balaban J connectivity index is 0.00000220. The molecule has 0 spiro atoms. The number of carbonyl (C=O) groups is 1. The van der Waals surface area contributed by atoms with Crippen LogP contribution in [0.15, 0.2) is 36.4 Å². The Morgan fingerprint density at radius 1 is 1.19 bits per heavy atom. The zero-order valence-electron chi connectivity index (χ0n) is 12.6. The van der Waals surface area contributed by atoms with Crippen LogP contribution >= 0.6 is 12.4 Å². The summed E-state index contributed by atoms with van der Waals surface area (Å²) in [5.74, 6) is -0.0791. The van der Waals surface area contributed by atoms with Crippen molar-refractivity contribution >= 4 is 24.0 Å². The summed E-state index contributed by atoms with van der Waals surface area (Å²) in [6.45, 7) is 5.70. The summed E-state index contributed by atoms with van der Waals surface area (Å²) < 4.78 is 1.89. The van der Waals surface area contributed by atoms with Crippen molar-refractivity contribution in [2.75, 3.05) is 11.9 Å². The Labute approximate surface area is 132 Å².